The van der Waals surface area contributed by atoms with Gasteiger partial charge in [-0.1, -0.05) is 23.7 Å². The average molecular weight is 391 g/mol. The molecular weight excluding hydrogens is 364 g/mol. The Kier molecular flexibility index (Phi) is 4.41. The van der Waals surface area contributed by atoms with Crippen LogP contribution in [0.5, 0.6) is 0 Å². The number of nitrogens with one attached hydrogen (secondary N) is 1. The van der Waals surface area contributed by atoms with Crippen molar-refractivity contribution < 1.29 is 14.3 Å². The Morgan fingerprint density at radius 3 is 2.67 bits per heavy atom. The van der Waals surface area contributed by atoms with Gasteiger partial charge in [-0.15, -0.1) is 0 Å². The minimum atomic E-state index is -0.430. The highest BCUT2D eigenvalue weighted by Crippen LogP contribution is 2.59. The molecule has 1 saturated heterocycles. The number of hydrogen-bond acceptors (Lipinski definition) is 3. The summed E-state index contributed by atoms with van der Waals surface area (Å²) in [6.45, 7) is 5.63. The lowest BCUT2D eigenvalue weighted by molar-refractivity contribution is -0.142. The summed E-state index contributed by atoms with van der Waals surface area (Å²) in [5.74, 6) is 0.780. The molecule has 0 bridgehead atoms. The fraction of sp³-hybridized carbons (Fsp3) is 0.619. The van der Waals surface area contributed by atoms with E-state index in [4.69, 9.17) is 11.6 Å². The van der Waals surface area contributed by atoms with Crippen molar-refractivity contribution in [1.82, 2.24) is 10.2 Å². The van der Waals surface area contributed by atoms with E-state index in [-0.39, 0.29) is 22.8 Å². The van der Waals surface area contributed by atoms with Gasteiger partial charge in [0.05, 0.1) is 7.11 Å². The van der Waals surface area contributed by atoms with Crippen LogP contribution in [-0.4, -0.2) is 42.6 Å². The van der Waals surface area contributed by atoms with Crippen LogP contribution in [0.15, 0.2) is 18.2 Å². The van der Waals surface area contributed by atoms with E-state index in [0.717, 1.165) is 36.5 Å². The Hall–Kier alpha value is -1.75. The lowest BCUT2D eigenvalue weighted by Gasteiger charge is -2.46. The first-order chi connectivity index (χ1) is 12.8. The van der Waals surface area contributed by atoms with Crippen molar-refractivity contribution in [2.75, 3.05) is 20.2 Å². The van der Waals surface area contributed by atoms with Crippen molar-refractivity contribution in [3.8, 4) is 0 Å². The second-order valence-electron chi connectivity index (χ2n) is 8.84. The molecule has 0 aromatic heterocycles. The first-order valence-electron chi connectivity index (χ1n) is 9.68. The van der Waals surface area contributed by atoms with E-state index in [0.29, 0.717) is 18.8 Å². The number of alkyl carbamates (subject to hydrolysis) is 1. The topological polar surface area (TPSA) is 58.6 Å². The van der Waals surface area contributed by atoms with E-state index in [2.05, 4.69) is 28.3 Å². The normalized spacial score (nSPS) is 34.3. The quantitative estimate of drug-likeness (QED) is 0.856. The van der Waals surface area contributed by atoms with Crippen molar-refractivity contribution in [3.63, 3.8) is 0 Å². The van der Waals surface area contributed by atoms with Crippen LogP contribution >= 0.6 is 11.6 Å². The molecule has 1 N–H and O–H groups in total. The van der Waals surface area contributed by atoms with Crippen LogP contribution in [0.3, 0.4) is 0 Å². The predicted octanol–water partition coefficient (Wildman–Crippen LogP) is 3.66. The third-order valence-electron chi connectivity index (χ3n) is 6.89. The zero-order valence-electron chi connectivity index (χ0n) is 16.2. The van der Waals surface area contributed by atoms with Gasteiger partial charge in [-0.2, -0.15) is 0 Å². The number of rotatable bonds is 3. The average Bonchev–Trinajstić information content (AvgIpc) is 3.36. The number of halogens is 1. The van der Waals surface area contributed by atoms with Gasteiger partial charge in [0, 0.05) is 35.0 Å². The van der Waals surface area contributed by atoms with Crippen LogP contribution in [-0.2, 0) is 14.9 Å². The van der Waals surface area contributed by atoms with Crippen molar-refractivity contribution in [2.45, 2.75) is 50.5 Å². The molecular formula is C21H27ClN2O3. The number of aryl methyl sites for hydroxylation is 1. The van der Waals surface area contributed by atoms with Crippen LogP contribution in [0, 0.1) is 18.8 Å². The fourth-order valence-electron chi connectivity index (χ4n) is 5.08. The number of nitrogens with zero attached hydrogens (tertiary/aromatic N) is 1. The summed E-state index contributed by atoms with van der Waals surface area (Å²) in [6.07, 6.45) is 3.08. The molecule has 5 nitrogen and oxygen atoms in total. The van der Waals surface area contributed by atoms with Crippen molar-refractivity contribution in [1.29, 1.82) is 0 Å². The van der Waals surface area contributed by atoms with E-state index in [1.165, 1.54) is 12.7 Å². The summed E-state index contributed by atoms with van der Waals surface area (Å²) < 4.78 is 4.67. The number of carbonyl (C=O) groups excluding carboxylic acids is 2. The number of carbonyl (C=O) groups is 2. The SMILES string of the molecule is COC(=O)NC1(C)CC(C(=O)N2CCC3(c4ccc(C)c(Cl)c4)CC3C2)C1. The van der Waals surface area contributed by atoms with Gasteiger partial charge in [-0.3, -0.25) is 4.79 Å². The molecule has 0 spiro atoms. The van der Waals surface area contributed by atoms with Gasteiger partial charge in [0.1, 0.15) is 0 Å². The van der Waals surface area contributed by atoms with Gasteiger partial charge in [0.2, 0.25) is 5.91 Å². The number of likely N-dealkylation sites (tertiary alicyclic amines) is 1. The molecule has 27 heavy (non-hydrogen) atoms. The Labute approximate surface area is 165 Å². The maximum absolute atomic E-state index is 12.9. The molecule has 2 atom stereocenters. The van der Waals surface area contributed by atoms with Crippen LogP contribution in [0.4, 0.5) is 4.79 Å². The Morgan fingerprint density at radius 2 is 2.04 bits per heavy atom. The molecule has 1 aliphatic heterocycles. The van der Waals surface area contributed by atoms with E-state index >= 15 is 0 Å². The smallest absolute Gasteiger partial charge is 0.407 e. The molecule has 2 unspecified atom stereocenters. The van der Waals surface area contributed by atoms with Gasteiger partial charge in [0.25, 0.3) is 0 Å². The summed E-state index contributed by atoms with van der Waals surface area (Å²) in [6, 6.07) is 6.42. The number of hydrogen-bond donors (Lipinski definition) is 1. The largest absolute Gasteiger partial charge is 0.453 e. The van der Waals surface area contributed by atoms with Crippen LogP contribution < -0.4 is 5.32 Å². The summed E-state index contributed by atoms with van der Waals surface area (Å²) in [7, 11) is 1.36. The molecule has 1 aromatic rings. The summed E-state index contributed by atoms with van der Waals surface area (Å²) in [5, 5.41) is 3.67. The highest BCUT2D eigenvalue weighted by atomic mass is 35.5. The Balaban J connectivity index is 1.34. The van der Waals surface area contributed by atoms with Crippen molar-refractivity contribution in [2.24, 2.45) is 11.8 Å². The molecule has 0 radical (unpaired) electrons. The van der Waals surface area contributed by atoms with E-state index in [1.54, 1.807) is 0 Å². The van der Waals surface area contributed by atoms with Crippen molar-refractivity contribution in [3.05, 3.63) is 34.3 Å². The minimum Gasteiger partial charge on any atom is -0.453 e. The number of piperidine rings is 1. The molecule has 3 fully saturated rings. The molecule has 6 heteroatoms. The minimum absolute atomic E-state index is 0.00669. The van der Waals surface area contributed by atoms with Gasteiger partial charge in [-0.05, 0) is 62.6 Å². The lowest BCUT2D eigenvalue weighted by atomic mass is 9.68. The Bertz CT molecular complexity index is 790. The van der Waals surface area contributed by atoms with Crippen LogP contribution in [0.2, 0.25) is 5.02 Å². The predicted molar refractivity (Wildman–Crippen MR) is 104 cm³/mol. The molecule has 2 aliphatic carbocycles. The molecule has 3 aliphatic rings. The zero-order chi connectivity index (χ0) is 19.4. The molecule has 2 saturated carbocycles. The van der Waals surface area contributed by atoms with E-state index < -0.39 is 6.09 Å². The first kappa shape index (κ1) is 18.6. The van der Waals surface area contributed by atoms with E-state index in [1.807, 2.05) is 18.7 Å². The highest BCUT2D eigenvalue weighted by Gasteiger charge is 2.59. The molecule has 1 heterocycles. The summed E-state index contributed by atoms with van der Waals surface area (Å²) in [5.41, 5.74) is 2.32. The maximum Gasteiger partial charge on any atom is 0.407 e. The van der Waals surface area contributed by atoms with Crippen LogP contribution in [0.25, 0.3) is 0 Å². The van der Waals surface area contributed by atoms with Gasteiger partial charge >= 0.3 is 6.09 Å². The van der Waals surface area contributed by atoms with Crippen LogP contribution in [0.1, 0.15) is 43.7 Å². The number of ether oxygens (including phenoxy) is 1. The summed E-state index contributed by atoms with van der Waals surface area (Å²) >= 11 is 6.33. The maximum atomic E-state index is 12.9. The van der Waals surface area contributed by atoms with E-state index in [9.17, 15) is 9.59 Å². The third-order valence-corrected chi connectivity index (χ3v) is 7.30. The monoisotopic (exact) mass is 390 g/mol. The number of benzene rings is 1. The molecule has 146 valence electrons. The van der Waals surface area contributed by atoms with Gasteiger partial charge in [-0.25, -0.2) is 4.79 Å². The second kappa shape index (κ2) is 6.40. The molecule has 2 amide bonds. The third kappa shape index (κ3) is 3.20. The van der Waals surface area contributed by atoms with Crippen molar-refractivity contribution >= 4 is 23.6 Å². The standard InChI is InChI=1S/C21H27ClN2O3/c1-13-4-5-15(8-17(13)22)21-6-7-24(12-16(21)11-21)18(25)14-9-20(2,10-14)23-19(26)27-3/h4-5,8,14,16H,6-7,9-12H2,1-3H3,(H,23,26). The summed E-state index contributed by atoms with van der Waals surface area (Å²) in [4.78, 5) is 26.3. The lowest BCUT2D eigenvalue weighted by Crippen LogP contribution is -2.59. The number of fused-ring (bicyclic) bond motifs is 1. The zero-order valence-corrected chi connectivity index (χ0v) is 16.9. The molecule has 1 aromatic carbocycles. The Morgan fingerprint density at radius 1 is 1.30 bits per heavy atom. The van der Waals surface area contributed by atoms with Gasteiger partial charge in [0.15, 0.2) is 0 Å². The fourth-order valence-corrected chi connectivity index (χ4v) is 5.26. The van der Waals surface area contributed by atoms with Gasteiger partial charge < -0.3 is 15.0 Å². The first-order valence-corrected chi connectivity index (χ1v) is 10.1. The number of methoxy groups -OCH3 is 1. The number of amides is 2. The molecule has 4 rings (SSSR count). The highest BCUT2D eigenvalue weighted by molar-refractivity contribution is 6.31. The second-order valence-corrected chi connectivity index (χ2v) is 9.25.